The number of aryl methyl sites for hydroxylation is 1. The molecule has 190 valence electrons. The van der Waals surface area contributed by atoms with Gasteiger partial charge in [-0.2, -0.15) is 4.98 Å². The minimum Gasteiger partial charge on any atom is -0.496 e. The van der Waals surface area contributed by atoms with Gasteiger partial charge in [-0.1, -0.05) is 19.4 Å². The number of aromatic nitrogens is 2. The van der Waals surface area contributed by atoms with Crippen LogP contribution in [0.1, 0.15) is 46.9 Å². The topological polar surface area (TPSA) is 154 Å². The maximum Gasteiger partial charge on any atom is 0.407 e. The van der Waals surface area contributed by atoms with Crippen molar-refractivity contribution < 1.29 is 24.5 Å². The summed E-state index contributed by atoms with van der Waals surface area (Å²) in [6.45, 7) is 5.13. The van der Waals surface area contributed by atoms with Gasteiger partial charge in [0.05, 0.1) is 19.8 Å². The predicted molar refractivity (Wildman–Crippen MR) is 132 cm³/mol. The number of nitrogen functional groups attached to an aromatic ring is 1. The molecule has 0 spiro atoms. The van der Waals surface area contributed by atoms with Crippen LogP contribution in [0.25, 0.3) is 0 Å². The van der Waals surface area contributed by atoms with Crippen LogP contribution >= 0.6 is 0 Å². The van der Waals surface area contributed by atoms with E-state index in [4.69, 9.17) is 15.6 Å². The van der Waals surface area contributed by atoms with Crippen molar-refractivity contribution in [1.82, 2.24) is 19.8 Å². The van der Waals surface area contributed by atoms with Gasteiger partial charge in [-0.3, -0.25) is 4.79 Å². The normalized spacial score (nSPS) is 14.5. The molecule has 35 heavy (non-hydrogen) atoms. The fourth-order valence-electron chi connectivity index (χ4n) is 4.20. The van der Waals surface area contributed by atoms with E-state index in [0.29, 0.717) is 42.3 Å². The van der Waals surface area contributed by atoms with Crippen molar-refractivity contribution in [3.8, 4) is 5.75 Å². The highest BCUT2D eigenvalue weighted by atomic mass is 16.5. The standard InChI is InChI=1S/C24H34N6O5/c1-4-5-18(14-31)27-21-19(15(2)26-23(25)28-21)12-16-6-7-17(13-20(16)35-3)22(32)29-8-10-30(11-9-29)24(33)34/h6-7,13,18,31H,4-5,8-12,14H2,1-3H3,(H,33,34)(H3,25,26,27,28). The van der Waals surface area contributed by atoms with E-state index in [1.54, 1.807) is 24.1 Å². The minimum absolute atomic E-state index is 0.0307. The molecule has 1 fully saturated rings. The number of nitrogens with two attached hydrogens (primary N) is 1. The maximum absolute atomic E-state index is 13.0. The Hall–Kier alpha value is -3.60. The van der Waals surface area contributed by atoms with Gasteiger partial charge in [-0.05, 0) is 31.0 Å². The third-order valence-electron chi connectivity index (χ3n) is 6.17. The zero-order valence-corrected chi connectivity index (χ0v) is 20.5. The summed E-state index contributed by atoms with van der Waals surface area (Å²) in [7, 11) is 1.55. The molecule has 1 aromatic heterocycles. The zero-order chi connectivity index (χ0) is 25.5. The van der Waals surface area contributed by atoms with Crippen molar-refractivity contribution in [3.05, 3.63) is 40.6 Å². The summed E-state index contributed by atoms with van der Waals surface area (Å²) in [5.74, 6) is 1.10. The largest absolute Gasteiger partial charge is 0.496 e. The van der Waals surface area contributed by atoms with Crippen LogP contribution in [0, 0.1) is 6.92 Å². The van der Waals surface area contributed by atoms with Gasteiger partial charge >= 0.3 is 6.09 Å². The highest BCUT2D eigenvalue weighted by Crippen LogP contribution is 2.28. The van der Waals surface area contributed by atoms with Gasteiger partial charge in [0.1, 0.15) is 11.6 Å². The lowest BCUT2D eigenvalue weighted by atomic mass is 10.0. The molecule has 11 nitrogen and oxygen atoms in total. The number of hydrogen-bond acceptors (Lipinski definition) is 8. The number of hydrogen-bond donors (Lipinski definition) is 4. The highest BCUT2D eigenvalue weighted by Gasteiger charge is 2.25. The quantitative estimate of drug-likeness (QED) is 0.416. The van der Waals surface area contributed by atoms with Crippen molar-refractivity contribution >= 4 is 23.8 Å². The number of aliphatic hydroxyl groups excluding tert-OH is 1. The predicted octanol–water partition coefficient (Wildman–Crippen LogP) is 1.98. The number of carboxylic acid groups (broad SMARTS) is 1. The zero-order valence-electron chi connectivity index (χ0n) is 20.5. The van der Waals surface area contributed by atoms with Crippen LogP contribution in [0.15, 0.2) is 18.2 Å². The van der Waals surface area contributed by atoms with E-state index in [1.165, 1.54) is 4.90 Å². The molecule has 1 atom stereocenters. The molecule has 0 radical (unpaired) electrons. The first kappa shape index (κ1) is 26.0. The highest BCUT2D eigenvalue weighted by molar-refractivity contribution is 5.95. The van der Waals surface area contributed by atoms with Crippen LogP contribution in [0.4, 0.5) is 16.6 Å². The Balaban J connectivity index is 1.83. The van der Waals surface area contributed by atoms with Gasteiger partial charge in [-0.15, -0.1) is 0 Å². The molecule has 0 saturated carbocycles. The number of rotatable bonds is 9. The van der Waals surface area contributed by atoms with Gasteiger partial charge < -0.3 is 35.8 Å². The number of carbonyl (C=O) groups excluding carboxylic acids is 1. The Morgan fingerprint density at radius 2 is 1.89 bits per heavy atom. The minimum atomic E-state index is -0.973. The summed E-state index contributed by atoms with van der Waals surface area (Å²) in [5.41, 5.74) is 8.75. The molecule has 1 aliphatic rings. The summed E-state index contributed by atoms with van der Waals surface area (Å²) < 4.78 is 5.61. The summed E-state index contributed by atoms with van der Waals surface area (Å²) >= 11 is 0. The molecule has 0 aliphatic carbocycles. The van der Waals surface area contributed by atoms with Gasteiger partial charge in [0.2, 0.25) is 5.95 Å². The summed E-state index contributed by atoms with van der Waals surface area (Å²) in [6, 6.07) is 5.14. The SMILES string of the molecule is CCCC(CO)Nc1nc(N)nc(C)c1Cc1ccc(C(=O)N2CCN(C(=O)O)CC2)cc1OC. The van der Waals surface area contributed by atoms with Gasteiger partial charge in [-0.25, -0.2) is 9.78 Å². The number of ether oxygens (including phenoxy) is 1. The molecule has 3 rings (SSSR count). The van der Waals surface area contributed by atoms with Crippen molar-refractivity contribution in [2.75, 3.05) is 50.9 Å². The number of nitrogens with zero attached hydrogens (tertiary/aromatic N) is 4. The average Bonchev–Trinajstić information content (AvgIpc) is 2.85. The molecule has 1 aliphatic heterocycles. The van der Waals surface area contributed by atoms with Crippen LogP contribution < -0.4 is 15.8 Å². The molecule has 0 bridgehead atoms. The van der Waals surface area contributed by atoms with E-state index in [-0.39, 0.29) is 37.6 Å². The Morgan fingerprint density at radius 3 is 2.49 bits per heavy atom. The van der Waals surface area contributed by atoms with E-state index in [9.17, 15) is 14.7 Å². The van der Waals surface area contributed by atoms with Gasteiger partial charge in [0.15, 0.2) is 0 Å². The number of anilines is 2. The summed E-state index contributed by atoms with van der Waals surface area (Å²) in [4.78, 5) is 35.8. The fraction of sp³-hybridized carbons (Fsp3) is 0.500. The Morgan fingerprint density at radius 1 is 1.20 bits per heavy atom. The Labute approximate surface area is 204 Å². The molecular weight excluding hydrogens is 452 g/mol. The number of carbonyl (C=O) groups is 2. The molecule has 1 aromatic carbocycles. The van der Waals surface area contributed by atoms with Crippen molar-refractivity contribution in [2.24, 2.45) is 0 Å². The first-order valence-electron chi connectivity index (χ1n) is 11.7. The summed E-state index contributed by atoms with van der Waals surface area (Å²) in [5, 5.41) is 22.1. The van der Waals surface area contributed by atoms with Crippen molar-refractivity contribution in [2.45, 2.75) is 39.2 Å². The van der Waals surface area contributed by atoms with Crippen molar-refractivity contribution in [3.63, 3.8) is 0 Å². The van der Waals surface area contributed by atoms with Crippen LogP contribution in [0.3, 0.4) is 0 Å². The maximum atomic E-state index is 13.0. The molecule has 11 heteroatoms. The molecule has 1 saturated heterocycles. The first-order chi connectivity index (χ1) is 16.8. The van der Waals surface area contributed by atoms with E-state index < -0.39 is 6.09 Å². The molecule has 2 heterocycles. The number of benzene rings is 1. The smallest absolute Gasteiger partial charge is 0.407 e. The second-order valence-corrected chi connectivity index (χ2v) is 8.57. The molecule has 1 unspecified atom stereocenters. The second-order valence-electron chi connectivity index (χ2n) is 8.57. The average molecular weight is 487 g/mol. The van der Waals surface area contributed by atoms with E-state index in [1.807, 2.05) is 19.9 Å². The van der Waals surface area contributed by atoms with Crippen molar-refractivity contribution in [1.29, 1.82) is 0 Å². The van der Waals surface area contributed by atoms with E-state index in [2.05, 4.69) is 15.3 Å². The number of nitrogens with one attached hydrogen (secondary N) is 1. The first-order valence-corrected chi connectivity index (χ1v) is 11.7. The second kappa shape index (κ2) is 11.7. The number of amides is 2. The lowest BCUT2D eigenvalue weighted by molar-refractivity contribution is 0.0624. The van der Waals surface area contributed by atoms with E-state index >= 15 is 0 Å². The van der Waals surface area contributed by atoms with Gasteiger partial charge in [0.25, 0.3) is 5.91 Å². The third kappa shape index (κ3) is 6.30. The van der Waals surface area contributed by atoms with Crippen LogP contribution in [0.5, 0.6) is 5.75 Å². The molecular formula is C24H34N6O5. The number of aliphatic hydroxyl groups is 1. The monoisotopic (exact) mass is 486 g/mol. The number of piperazine rings is 1. The summed E-state index contributed by atoms with van der Waals surface area (Å²) in [6.07, 6.45) is 1.15. The van der Waals surface area contributed by atoms with Crippen LogP contribution in [-0.4, -0.2) is 87.9 Å². The molecule has 5 N–H and O–H groups in total. The third-order valence-corrected chi connectivity index (χ3v) is 6.17. The van der Waals surface area contributed by atoms with Gasteiger partial charge in [0, 0.05) is 49.4 Å². The van der Waals surface area contributed by atoms with Crippen LogP contribution in [-0.2, 0) is 6.42 Å². The fourth-order valence-corrected chi connectivity index (χ4v) is 4.20. The van der Waals surface area contributed by atoms with Crippen LogP contribution in [0.2, 0.25) is 0 Å². The lowest BCUT2D eigenvalue weighted by Crippen LogP contribution is -2.50. The Kier molecular flexibility index (Phi) is 8.69. The molecule has 2 aromatic rings. The van der Waals surface area contributed by atoms with E-state index in [0.717, 1.165) is 24.0 Å². The lowest BCUT2D eigenvalue weighted by Gasteiger charge is -2.33. The molecule has 2 amide bonds. The Bertz CT molecular complexity index is 1050. The number of methoxy groups -OCH3 is 1.